The molecule has 10 nitrogen and oxygen atoms in total. The number of piperazine rings is 1. The van der Waals surface area contributed by atoms with Crippen molar-refractivity contribution in [3.8, 4) is 0 Å². The Bertz CT molecular complexity index is 679. The SMILES string of the molecule is CCNC(=O)C1=NN2[C@H](O)C3(C)CC(C(=O)NC)=NN3[C@H](O)C2(C)C1. The standard InChI is InChI=1S/C15H24N6O4/c1-5-17-11(23)9-7-15(3)13(25)20-14(2,12(24)21(15)19-9)6-8(18-20)10(22)16-4/h12-13,24-25H,5-7H2,1-4H3,(H,16,22)(H,17,23)/t12-,13-,14?,15?/m1/s1. The fraction of sp³-hybridized carbons (Fsp3) is 0.733. The number of amides is 2. The lowest BCUT2D eigenvalue weighted by molar-refractivity contribution is -0.256. The molecule has 0 saturated carbocycles. The van der Waals surface area contributed by atoms with Crippen molar-refractivity contribution in [1.82, 2.24) is 20.7 Å². The highest BCUT2D eigenvalue weighted by atomic mass is 16.3. The zero-order chi connectivity index (χ0) is 18.6. The van der Waals surface area contributed by atoms with Crippen molar-refractivity contribution < 1.29 is 19.8 Å². The molecule has 138 valence electrons. The van der Waals surface area contributed by atoms with Crippen LogP contribution in [0.4, 0.5) is 0 Å². The van der Waals surface area contributed by atoms with Crippen LogP contribution in [0.1, 0.15) is 33.6 Å². The van der Waals surface area contributed by atoms with Crippen LogP contribution in [0.3, 0.4) is 0 Å². The number of carbonyl (C=O) groups is 2. The number of hydrogen-bond donors (Lipinski definition) is 4. The van der Waals surface area contributed by atoms with E-state index in [1.165, 1.54) is 17.1 Å². The molecule has 2 unspecified atom stereocenters. The number of aliphatic hydroxyl groups excluding tert-OH is 2. The lowest BCUT2D eigenvalue weighted by Gasteiger charge is -2.56. The highest BCUT2D eigenvalue weighted by molar-refractivity contribution is 6.40. The van der Waals surface area contributed by atoms with Crippen LogP contribution in [0.25, 0.3) is 0 Å². The van der Waals surface area contributed by atoms with Crippen LogP contribution in [-0.4, -0.2) is 80.6 Å². The van der Waals surface area contributed by atoms with E-state index in [1.54, 1.807) is 20.8 Å². The summed E-state index contributed by atoms with van der Waals surface area (Å²) in [5.74, 6) is -0.677. The summed E-state index contributed by atoms with van der Waals surface area (Å²) in [5.41, 5.74) is -1.56. The summed E-state index contributed by atoms with van der Waals surface area (Å²) in [5, 5.41) is 38.3. The van der Waals surface area contributed by atoms with Gasteiger partial charge in [0.1, 0.15) is 22.5 Å². The Morgan fingerprint density at radius 3 is 1.92 bits per heavy atom. The van der Waals surface area contributed by atoms with Crippen molar-refractivity contribution in [2.75, 3.05) is 13.6 Å². The fourth-order valence-corrected chi connectivity index (χ4v) is 3.67. The van der Waals surface area contributed by atoms with E-state index in [1.807, 2.05) is 0 Å². The first-order valence-electron chi connectivity index (χ1n) is 8.29. The van der Waals surface area contributed by atoms with E-state index in [2.05, 4.69) is 20.8 Å². The lowest BCUT2D eigenvalue weighted by Crippen LogP contribution is -2.73. The van der Waals surface area contributed by atoms with Crippen LogP contribution in [0.5, 0.6) is 0 Å². The van der Waals surface area contributed by atoms with E-state index in [0.29, 0.717) is 6.54 Å². The summed E-state index contributed by atoms with van der Waals surface area (Å²) in [4.78, 5) is 24.1. The summed E-state index contributed by atoms with van der Waals surface area (Å²) in [7, 11) is 1.50. The molecular weight excluding hydrogens is 328 g/mol. The third-order valence-corrected chi connectivity index (χ3v) is 5.22. The first-order chi connectivity index (χ1) is 11.7. The second kappa shape index (κ2) is 5.67. The van der Waals surface area contributed by atoms with Crippen molar-refractivity contribution in [3.05, 3.63) is 0 Å². The average molecular weight is 352 g/mol. The molecule has 3 aliphatic heterocycles. The van der Waals surface area contributed by atoms with Gasteiger partial charge in [0.2, 0.25) is 0 Å². The molecule has 3 heterocycles. The molecule has 0 spiro atoms. The smallest absolute Gasteiger partial charge is 0.267 e. The molecule has 0 bridgehead atoms. The summed E-state index contributed by atoms with van der Waals surface area (Å²) >= 11 is 0. The van der Waals surface area contributed by atoms with E-state index in [9.17, 15) is 19.8 Å². The maximum absolute atomic E-state index is 12.1. The quantitative estimate of drug-likeness (QED) is 0.472. The molecule has 0 aromatic heterocycles. The van der Waals surface area contributed by atoms with Gasteiger partial charge in [-0.15, -0.1) is 0 Å². The Morgan fingerprint density at radius 1 is 1.08 bits per heavy atom. The van der Waals surface area contributed by atoms with Gasteiger partial charge in [0.25, 0.3) is 11.8 Å². The Balaban J connectivity index is 1.96. The molecule has 10 heteroatoms. The van der Waals surface area contributed by atoms with Crippen LogP contribution in [0, 0.1) is 0 Å². The highest BCUT2D eigenvalue weighted by Crippen LogP contribution is 2.47. The maximum Gasteiger partial charge on any atom is 0.267 e. The Morgan fingerprint density at radius 2 is 1.52 bits per heavy atom. The number of nitrogens with zero attached hydrogens (tertiary/aromatic N) is 4. The van der Waals surface area contributed by atoms with Crippen LogP contribution in [0.15, 0.2) is 10.2 Å². The van der Waals surface area contributed by atoms with Gasteiger partial charge in [-0.05, 0) is 20.8 Å². The molecule has 0 aliphatic carbocycles. The van der Waals surface area contributed by atoms with Gasteiger partial charge >= 0.3 is 0 Å². The van der Waals surface area contributed by atoms with Crippen LogP contribution in [0.2, 0.25) is 0 Å². The number of nitrogens with one attached hydrogen (secondary N) is 2. The summed E-state index contributed by atoms with van der Waals surface area (Å²) in [6.45, 7) is 5.69. The lowest BCUT2D eigenvalue weighted by atomic mass is 9.82. The number of rotatable bonds is 3. The Labute approximate surface area is 145 Å². The second-order valence-electron chi connectivity index (χ2n) is 7.04. The van der Waals surface area contributed by atoms with Gasteiger partial charge < -0.3 is 20.8 Å². The van der Waals surface area contributed by atoms with Crippen molar-refractivity contribution >= 4 is 23.2 Å². The molecule has 3 rings (SSSR count). The van der Waals surface area contributed by atoms with E-state index in [4.69, 9.17) is 0 Å². The topological polar surface area (TPSA) is 130 Å². The molecule has 2 amide bonds. The van der Waals surface area contributed by atoms with Gasteiger partial charge in [0.15, 0.2) is 12.5 Å². The van der Waals surface area contributed by atoms with Crippen LogP contribution < -0.4 is 10.6 Å². The largest absolute Gasteiger partial charge is 0.370 e. The van der Waals surface area contributed by atoms with Gasteiger partial charge in [-0.1, -0.05) is 0 Å². The van der Waals surface area contributed by atoms with Gasteiger partial charge in [0, 0.05) is 26.4 Å². The van der Waals surface area contributed by atoms with E-state index in [-0.39, 0.29) is 36.1 Å². The fourth-order valence-electron chi connectivity index (χ4n) is 3.67. The number of hydrogen-bond acceptors (Lipinski definition) is 8. The van der Waals surface area contributed by atoms with E-state index >= 15 is 0 Å². The van der Waals surface area contributed by atoms with Crippen LogP contribution in [-0.2, 0) is 9.59 Å². The first-order valence-corrected chi connectivity index (χ1v) is 8.29. The first kappa shape index (κ1) is 17.6. The maximum atomic E-state index is 12.1. The molecule has 0 aromatic carbocycles. The number of aliphatic hydroxyl groups is 2. The molecule has 0 radical (unpaired) electrons. The molecule has 4 atom stereocenters. The zero-order valence-corrected chi connectivity index (χ0v) is 14.8. The number of carbonyl (C=O) groups excluding carboxylic acids is 2. The van der Waals surface area contributed by atoms with Crippen molar-refractivity contribution in [3.63, 3.8) is 0 Å². The zero-order valence-electron chi connectivity index (χ0n) is 14.8. The minimum atomic E-state index is -1.14. The van der Waals surface area contributed by atoms with Gasteiger partial charge in [0.05, 0.1) is 0 Å². The molecule has 0 aromatic rings. The van der Waals surface area contributed by atoms with E-state index in [0.717, 1.165) is 0 Å². The molecule has 4 N–H and O–H groups in total. The molecular formula is C15H24N6O4. The molecule has 3 aliphatic rings. The minimum absolute atomic E-state index is 0.156. The van der Waals surface area contributed by atoms with E-state index < -0.39 is 23.5 Å². The normalized spacial score (nSPS) is 36.4. The van der Waals surface area contributed by atoms with Crippen molar-refractivity contribution in [2.24, 2.45) is 10.2 Å². The summed E-state index contributed by atoms with van der Waals surface area (Å²) < 4.78 is 0. The molecule has 1 saturated heterocycles. The second-order valence-corrected chi connectivity index (χ2v) is 7.04. The highest BCUT2D eigenvalue weighted by Gasteiger charge is 2.64. The van der Waals surface area contributed by atoms with Gasteiger partial charge in [-0.3, -0.25) is 19.6 Å². The predicted molar refractivity (Wildman–Crippen MR) is 89.4 cm³/mol. The molecule has 1 fully saturated rings. The number of fused-ring (bicyclic) bond motifs is 2. The third kappa shape index (κ3) is 2.31. The predicted octanol–water partition coefficient (Wildman–Crippen LogP) is -1.84. The van der Waals surface area contributed by atoms with Gasteiger partial charge in [-0.25, -0.2) is 0 Å². The number of hydrazone groups is 2. The summed E-state index contributed by atoms with van der Waals surface area (Å²) in [6.07, 6.45) is -1.96. The van der Waals surface area contributed by atoms with Crippen molar-refractivity contribution in [1.29, 1.82) is 0 Å². The average Bonchev–Trinajstić information content (AvgIpc) is 3.12. The minimum Gasteiger partial charge on any atom is -0.370 e. The van der Waals surface area contributed by atoms with Crippen LogP contribution >= 0.6 is 0 Å². The summed E-state index contributed by atoms with van der Waals surface area (Å²) in [6, 6.07) is 0. The Hall–Kier alpha value is -2.20. The monoisotopic (exact) mass is 352 g/mol. The van der Waals surface area contributed by atoms with Gasteiger partial charge in [-0.2, -0.15) is 10.2 Å². The third-order valence-electron chi connectivity index (χ3n) is 5.22. The Kier molecular flexibility index (Phi) is 3.99. The molecule has 25 heavy (non-hydrogen) atoms. The van der Waals surface area contributed by atoms with Crippen molar-refractivity contribution in [2.45, 2.75) is 57.1 Å².